The monoisotopic (exact) mass is 274 g/mol. The minimum atomic E-state index is 0.210. The van der Waals surface area contributed by atoms with Gasteiger partial charge in [-0.1, -0.05) is 0 Å². The molecule has 0 aromatic carbocycles. The van der Waals surface area contributed by atoms with Crippen molar-refractivity contribution in [3.05, 3.63) is 23.8 Å². The number of aryl methyl sites for hydroxylation is 1. The Morgan fingerprint density at radius 3 is 3.10 bits per heavy atom. The molecule has 0 spiro atoms. The third-order valence-electron chi connectivity index (χ3n) is 4.14. The maximum absolute atomic E-state index is 5.44. The molecule has 2 aromatic rings. The highest BCUT2D eigenvalue weighted by molar-refractivity contribution is 5.31. The Morgan fingerprint density at radius 1 is 1.40 bits per heavy atom. The molecule has 7 nitrogen and oxygen atoms in total. The minimum Gasteiger partial charge on any atom is -0.381 e. The lowest BCUT2D eigenvalue weighted by molar-refractivity contribution is 0.193. The van der Waals surface area contributed by atoms with Crippen LogP contribution in [-0.2, 0) is 11.8 Å². The van der Waals surface area contributed by atoms with Crippen molar-refractivity contribution >= 4 is 5.95 Å². The predicted molar refractivity (Wildman–Crippen MR) is 72.7 cm³/mol. The van der Waals surface area contributed by atoms with E-state index < -0.39 is 0 Å². The fourth-order valence-electron chi connectivity index (χ4n) is 3.02. The number of hydrogen-bond donors (Lipinski definition) is 1. The van der Waals surface area contributed by atoms with Crippen LogP contribution in [-0.4, -0.2) is 44.3 Å². The highest BCUT2D eigenvalue weighted by Crippen LogP contribution is 2.30. The molecule has 4 rings (SSSR count). The summed E-state index contributed by atoms with van der Waals surface area (Å²) in [6, 6.07) is 2.27. The number of nitrogens with zero attached hydrogens (tertiary/aromatic N) is 5. The van der Waals surface area contributed by atoms with Crippen LogP contribution >= 0.6 is 0 Å². The number of ether oxygens (including phenoxy) is 1. The van der Waals surface area contributed by atoms with Crippen LogP contribution in [0.2, 0.25) is 0 Å². The maximum Gasteiger partial charge on any atom is 0.222 e. The third-order valence-corrected chi connectivity index (χ3v) is 4.14. The van der Waals surface area contributed by atoms with E-state index in [4.69, 9.17) is 9.84 Å². The molecule has 2 unspecified atom stereocenters. The van der Waals surface area contributed by atoms with E-state index in [2.05, 4.69) is 21.5 Å². The van der Waals surface area contributed by atoms with Crippen LogP contribution in [0.15, 0.2) is 12.3 Å². The Labute approximate surface area is 116 Å². The third kappa shape index (κ3) is 1.81. The Hall–Kier alpha value is -1.89. The molecule has 7 heteroatoms. The summed E-state index contributed by atoms with van der Waals surface area (Å²) in [5.74, 6) is 2.10. The first-order valence-corrected chi connectivity index (χ1v) is 7.09. The summed E-state index contributed by atoms with van der Waals surface area (Å²) in [7, 11) is 1.97. The number of hydrogen-bond acceptors (Lipinski definition) is 5. The quantitative estimate of drug-likeness (QED) is 0.882. The molecule has 1 fully saturated rings. The van der Waals surface area contributed by atoms with Gasteiger partial charge in [-0.3, -0.25) is 4.68 Å². The standard InChI is InChI=1S/C13H18N6O/c1-18-10(3-6-15-18)11-2-5-14-13-16-12(17-19(11)13)9-4-7-20-8-9/h3,6,9,11H,2,4-5,7-8H2,1H3,(H,14,16,17). The van der Waals surface area contributed by atoms with E-state index >= 15 is 0 Å². The average molecular weight is 274 g/mol. The van der Waals surface area contributed by atoms with E-state index in [0.717, 1.165) is 44.4 Å². The first-order valence-electron chi connectivity index (χ1n) is 7.09. The lowest BCUT2D eigenvalue weighted by Crippen LogP contribution is -2.26. The zero-order valence-electron chi connectivity index (χ0n) is 11.5. The van der Waals surface area contributed by atoms with Crippen molar-refractivity contribution in [1.82, 2.24) is 24.5 Å². The second-order valence-electron chi connectivity index (χ2n) is 5.41. The topological polar surface area (TPSA) is 69.8 Å². The van der Waals surface area contributed by atoms with Gasteiger partial charge in [-0.15, -0.1) is 0 Å². The van der Waals surface area contributed by atoms with Crippen molar-refractivity contribution in [3.63, 3.8) is 0 Å². The number of nitrogens with one attached hydrogen (secondary N) is 1. The molecule has 0 saturated carbocycles. The normalized spacial score (nSPS) is 25.4. The van der Waals surface area contributed by atoms with E-state index in [1.807, 2.05) is 22.6 Å². The first kappa shape index (κ1) is 11.9. The first-order chi connectivity index (χ1) is 9.83. The van der Waals surface area contributed by atoms with E-state index in [1.54, 1.807) is 0 Å². The van der Waals surface area contributed by atoms with Crippen LogP contribution in [0.5, 0.6) is 0 Å². The molecule has 4 heterocycles. The molecule has 0 aliphatic carbocycles. The summed E-state index contributed by atoms with van der Waals surface area (Å²) in [5.41, 5.74) is 1.17. The van der Waals surface area contributed by atoms with Gasteiger partial charge in [0.1, 0.15) is 0 Å². The lowest BCUT2D eigenvalue weighted by Gasteiger charge is -2.24. The summed E-state index contributed by atoms with van der Waals surface area (Å²) in [6.07, 6.45) is 3.84. The van der Waals surface area contributed by atoms with Crippen LogP contribution in [0.25, 0.3) is 0 Å². The highest BCUT2D eigenvalue weighted by Gasteiger charge is 2.29. The minimum absolute atomic E-state index is 0.210. The summed E-state index contributed by atoms with van der Waals surface area (Å²) in [6.45, 7) is 2.46. The smallest absolute Gasteiger partial charge is 0.222 e. The van der Waals surface area contributed by atoms with Crippen LogP contribution in [0.4, 0.5) is 5.95 Å². The molecular weight excluding hydrogens is 256 g/mol. The van der Waals surface area contributed by atoms with E-state index in [0.29, 0.717) is 5.92 Å². The second-order valence-corrected chi connectivity index (χ2v) is 5.41. The number of anilines is 1. The van der Waals surface area contributed by atoms with Gasteiger partial charge in [0, 0.05) is 32.3 Å². The van der Waals surface area contributed by atoms with Crippen molar-refractivity contribution in [2.75, 3.05) is 25.1 Å². The van der Waals surface area contributed by atoms with E-state index in [-0.39, 0.29) is 6.04 Å². The molecule has 0 amide bonds. The van der Waals surface area contributed by atoms with Crippen LogP contribution in [0, 0.1) is 0 Å². The Balaban J connectivity index is 1.71. The van der Waals surface area contributed by atoms with Crippen LogP contribution in [0.1, 0.15) is 36.3 Å². The molecule has 1 saturated heterocycles. The van der Waals surface area contributed by atoms with Crippen molar-refractivity contribution in [2.45, 2.75) is 24.8 Å². The van der Waals surface area contributed by atoms with E-state index in [1.165, 1.54) is 5.69 Å². The molecule has 20 heavy (non-hydrogen) atoms. The highest BCUT2D eigenvalue weighted by atomic mass is 16.5. The number of fused-ring (bicyclic) bond motifs is 1. The Bertz CT molecular complexity index is 612. The van der Waals surface area contributed by atoms with Crippen molar-refractivity contribution in [2.24, 2.45) is 7.05 Å². The Kier molecular flexibility index (Phi) is 2.73. The SMILES string of the molecule is Cn1nccc1C1CCNc2nc(C3CCOC3)nn21. The zero-order chi connectivity index (χ0) is 13.5. The van der Waals surface area contributed by atoms with Gasteiger partial charge in [0.05, 0.1) is 18.3 Å². The largest absolute Gasteiger partial charge is 0.381 e. The summed E-state index contributed by atoms with van der Waals surface area (Å²) in [5, 5.41) is 12.3. The molecule has 2 atom stereocenters. The van der Waals surface area contributed by atoms with Crippen LogP contribution < -0.4 is 5.32 Å². The predicted octanol–water partition coefficient (Wildman–Crippen LogP) is 0.920. The van der Waals surface area contributed by atoms with Gasteiger partial charge in [-0.25, -0.2) is 4.68 Å². The van der Waals surface area contributed by atoms with Gasteiger partial charge >= 0.3 is 0 Å². The second kappa shape index (κ2) is 4.59. The molecule has 2 aliphatic rings. The molecule has 0 radical (unpaired) electrons. The summed E-state index contributed by atoms with van der Waals surface area (Å²) in [4.78, 5) is 4.65. The van der Waals surface area contributed by atoms with Gasteiger partial charge in [-0.05, 0) is 18.9 Å². The van der Waals surface area contributed by atoms with E-state index in [9.17, 15) is 0 Å². The fraction of sp³-hybridized carbons (Fsp3) is 0.615. The summed E-state index contributed by atoms with van der Waals surface area (Å²) < 4.78 is 9.36. The Morgan fingerprint density at radius 2 is 2.35 bits per heavy atom. The number of aromatic nitrogens is 5. The van der Waals surface area contributed by atoms with Gasteiger partial charge in [0.15, 0.2) is 5.82 Å². The molecule has 106 valence electrons. The van der Waals surface area contributed by atoms with Gasteiger partial charge in [-0.2, -0.15) is 15.2 Å². The fourth-order valence-corrected chi connectivity index (χ4v) is 3.02. The molecule has 1 N–H and O–H groups in total. The van der Waals surface area contributed by atoms with Crippen LogP contribution in [0.3, 0.4) is 0 Å². The van der Waals surface area contributed by atoms with Gasteiger partial charge in [0.25, 0.3) is 0 Å². The summed E-state index contributed by atoms with van der Waals surface area (Å²) >= 11 is 0. The molecule has 0 bridgehead atoms. The average Bonchev–Trinajstić information content (AvgIpc) is 3.17. The number of rotatable bonds is 2. The zero-order valence-corrected chi connectivity index (χ0v) is 11.5. The van der Waals surface area contributed by atoms with Crippen molar-refractivity contribution in [1.29, 1.82) is 0 Å². The van der Waals surface area contributed by atoms with Crippen molar-refractivity contribution in [3.8, 4) is 0 Å². The molecule has 2 aliphatic heterocycles. The van der Waals surface area contributed by atoms with Crippen molar-refractivity contribution < 1.29 is 4.74 Å². The lowest BCUT2D eigenvalue weighted by atomic mass is 10.1. The molecule has 2 aromatic heterocycles. The molecular formula is C13H18N6O. The van der Waals surface area contributed by atoms with Gasteiger partial charge < -0.3 is 10.1 Å². The van der Waals surface area contributed by atoms with Gasteiger partial charge in [0.2, 0.25) is 5.95 Å². The maximum atomic E-state index is 5.44.